The number of carbonyl (C=O) groups is 2. The second-order valence-corrected chi connectivity index (χ2v) is 17.7. The summed E-state index contributed by atoms with van der Waals surface area (Å²) >= 11 is 0. The molecule has 368 valence electrons. The van der Waals surface area contributed by atoms with Gasteiger partial charge in [0.2, 0.25) is 0 Å². The van der Waals surface area contributed by atoms with Crippen LogP contribution in [0.25, 0.3) is 0 Å². The topological polar surface area (TPSA) is 61.8 Å². The minimum Gasteiger partial charge on any atom is -0.462 e. The van der Waals surface area contributed by atoms with E-state index in [4.69, 9.17) is 14.2 Å². The van der Waals surface area contributed by atoms with Crippen LogP contribution in [0.15, 0.2) is 85.1 Å². The normalized spacial score (nSPS) is 12.9. The zero-order chi connectivity index (χ0) is 46.3. The molecule has 5 nitrogen and oxygen atoms in total. The maximum absolute atomic E-state index is 12.8. The van der Waals surface area contributed by atoms with Crippen molar-refractivity contribution in [2.24, 2.45) is 0 Å². The van der Waals surface area contributed by atoms with Gasteiger partial charge in [0.1, 0.15) is 6.61 Å². The van der Waals surface area contributed by atoms with E-state index < -0.39 is 6.10 Å². The minimum atomic E-state index is -0.556. The fourth-order valence-corrected chi connectivity index (χ4v) is 7.36. The molecule has 0 aliphatic carbocycles. The fourth-order valence-electron chi connectivity index (χ4n) is 7.36. The summed E-state index contributed by atoms with van der Waals surface area (Å²) in [6, 6.07) is 0. The van der Waals surface area contributed by atoms with Gasteiger partial charge in [-0.05, 0) is 109 Å². The summed E-state index contributed by atoms with van der Waals surface area (Å²) in [5.41, 5.74) is 0. The Morgan fingerprint density at radius 3 is 1.19 bits per heavy atom. The quantitative estimate of drug-likeness (QED) is 0.0346. The van der Waals surface area contributed by atoms with Crippen LogP contribution in [0.1, 0.15) is 252 Å². The van der Waals surface area contributed by atoms with Crippen LogP contribution in [0, 0.1) is 0 Å². The van der Waals surface area contributed by atoms with E-state index in [0.717, 1.165) is 89.9 Å². The Labute approximate surface area is 397 Å². The van der Waals surface area contributed by atoms with Crippen LogP contribution in [0.4, 0.5) is 0 Å². The van der Waals surface area contributed by atoms with Gasteiger partial charge in [0.25, 0.3) is 0 Å². The van der Waals surface area contributed by atoms with E-state index in [2.05, 4.69) is 106 Å². The van der Waals surface area contributed by atoms with Crippen molar-refractivity contribution < 1.29 is 23.8 Å². The Morgan fingerprint density at radius 1 is 0.359 bits per heavy atom. The first-order valence-electron chi connectivity index (χ1n) is 27.1. The third kappa shape index (κ3) is 51.7. The van der Waals surface area contributed by atoms with Gasteiger partial charge in [0.15, 0.2) is 6.10 Å². The molecule has 1 unspecified atom stereocenters. The lowest BCUT2D eigenvalue weighted by Gasteiger charge is -2.18. The number of unbranched alkanes of at least 4 members (excludes halogenated alkanes) is 24. The van der Waals surface area contributed by atoms with Gasteiger partial charge >= 0.3 is 11.9 Å². The number of rotatable bonds is 49. The summed E-state index contributed by atoms with van der Waals surface area (Å²) in [5.74, 6) is -0.425. The number of hydrogen-bond acceptors (Lipinski definition) is 5. The van der Waals surface area contributed by atoms with Gasteiger partial charge in [-0.15, -0.1) is 0 Å². The van der Waals surface area contributed by atoms with Crippen molar-refractivity contribution in [1.82, 2.24) is 0 Å². The highest BCUT2D eigenvalue weighted by Crippen LogP contribution is 2.14. The molecule has 0 spiro atoms. The second-order valence-electron chi connectivity index (χ2n) is 17.7. The van der Waals surface area contributed by atoms with E-state index in [-0.39, 0.29) is 25.2 Å². The molecule has 0 aromatic heterocycles. The van der Waals surface area contributed by atoms with Crippen LogP contribution < -0.4 is 0 Å². The zero-order valence-corrected chi connectivity index (χ0v) is 42.3. The van der Waals surface area contributed by atoms with E-state index >= 15 is 0 Å². The number of hydrogen-bond donors (Lipinski definition) is 0. The average Bonchev–Trinajstić information content (AvgIpc) is 3.30. The summed E-state index contributed by atoms with van der Waals surface area (Å²) in [5, 5.41) is 0. The van der Waals surface area contributed by atoms with Crippen molar-refractivity contribution in [3.63, 3.8) is 0 Å². The van der Waals surface area contributed by atoms with E-state index in [9.17, 15) is 9.59 Å². The van der Waals surface area contributed by atoms with Crippen molar-refractivity contribution in [3.8, 4) is 0 Å². The summed E-state index contributed by atoms with van der Waals surface area (Å²) in [6.45, 7) is 7.60. The van der Waals surface area contributed by atoms with Crippen molar-refractivity contribution >= 4 is 11.9 Å². The van der Waals surface area contributed by atoms with E-state index in [1.807, 2.05) is 0 Å². The van der Waals surface area contributed by atoms with Crippen molar-refractivity contribution in [3.05, 3.63) is 85.1 Å². The smallest absolute Gasteiger partial charge is 0.306 e. The molecule has 0 N–H and O–H groups in total. The van der Waals surface area contributed by atoms with Gasteiger partial charge < -0.3 is 14.2 Å². The molecule has 0 aliphatic heterocycles. The Morgan fingerprint density at radius 2 is 0.734 bits per heavy atom. The lowest BCUT2D eigenvalue weighted by atomic mass is 10.1. The van der Waals surface area contributed by atoms with Crippen LogP contribution in [0.5, 0.6) is 0 Å². The molecule has 0 aliphatic rings. The molecule has 5 heteroatoms. The SMILES string of the molecule is CC/C=C\C/C=C\C/C=C\CCCCCCCC(=O)OC(COCCCCCCCC/C=C\C/C=C\CCC)COC(=O)CCCCCCCCCCC/C=C\C/C=C\CCCCC. The Bertz CT molecular complexity index is 1190. The molecular formula is C59H102O5. The van der Waals surface area contributed by atoms with Crippen LogP contribution in [-0.4, -0.2) is 37.9 Å². The molecule has 0 fully saturated rings. The Balaban J connectivity index is 4.30. The molecule has 64 heavy (non-hydrogen) atoms. The standard InChI is InChI=1S/C59H102O5/c1-4-7-10-13-16-19-22-25-28-29-30-31-33-34-37-40-43-46-49-52-58(60)63-56-57(55-62-54-51-48-45-42-39-36-27-24-21-18-15-12-9-6-3)64-59(61)53-50-47-44-41-38-35-32-26-23-20-17-14-11-8-5-2/h8,11-12,15-17,19-21,24-26,28,32,57H,4-7,9-10,13-14,18,22-23,27,29-31,33-56H2,1-3H3/b11-8-,15-12-,19-16-,20-17-,24-21-,28-25-,32-26-. The van der Waals surface area contributed by atoms with Crippen LogP contribution in [0.3, 0.4) is 0 Å². The highest BCUT2D eigenvalue weighted by Gasteiger charge is 2.17. The number of carbonyl (C=O) groups excluding carboxylic acids is 2. The summed E-state index contributed by atoms with van der Waals surface area (Å²) < 4.78 is 17.4. The third-order valence-corrected chi connectivity index (χ3v) is 11.4. The monoisotopic (exact) mass is 891 g/mol. The average molecular weight is 891 g/mol. The molecule has 0 saturated heterocycles. The van der Waals surface area contributed by atoms with Crippen LogP contribution >= 0.6 is 0 Å². The maximum atomic E-state index is 12.8. The fraction of sp³-hybridized carbons (Fsp3) is 0.729. The molecule has 0 amide bonds. The highest BCUT2D eigenvalue weighted by molar-refractivity contribution is 5.70. The molecule has 0 rings (SSSR count). The van der Waals surface area contributed by atoms with Gasteiger partial charge in [0, 0.05) is 19.4 Å². The zero-order valence-electron chi connectivity index (χ0n) is 42.3. The van der Waals surface area contributed by atoms with E-state index in [1.165, 1.54) is 128 Å². The minimum absolute atomic E-state index is 0.0687. The summed E-state index contributed by atoms with van der Waals surface area (Å²) in [4.78, 5) is 25.5. The first-order valence-corrected chi connectivity index (χ1v) is 27.1. The first-order chi connectivity index (χ1) is 31.6. The summed E-state index contributed by atoms with van der Waals surface area (Å²) in [6.07, 6.45) is 71.6. The Hall–Kier alpha value is -2.92. The molecule has 0 heterocycles. The lowest BCUT2D eigenvalue weighted by Crippen LogP contribution is -2.30. The lowest BCUT2D eigenvalue weighted by molar-refractivity contribution is -0.163. The second kappa shape index (κ2) is 54.4. The van der Waals surface area contributed by atoms with E-state index in [0.29, 0.717) is 19.4 Å². The molecule has 0 aromatic carbocycles. The van der Waals surface area contributed by atoms with E-state index in [1.54, 1.807) is 0 Å². The molecule has 0 saturated carbocycles. The predicted octanol–water partition coefficient (Wildman–Crippen LogP) is 18.5. The largest absolute Gasteiger partial charge is 0.462 e. The number of ether oxygens (including phenoxy) is 3. The molecule has 0 aromatic rings. The first kappa shape index (κ1) is 61.1. The van der Waals surface area contributed by atoms with Crippen LogP contribution in [0.2, 0.25) is 0 Å². The number of esters is 2. The van der Waals surface area contributed by atoms with Crippen molar-refractivity contribution in [2.75, 3.05) is 19.8 Å². The van der Waals surface area contributed by atoms with Crippen LogP contribution in [-0.2, 0) is 23.8 Å². The van der Waals surface area contributed by atoms with Gasteiger partial charge in [-0.2, -0.15) is 0 Å². The van der Waals surface area contributed by atoms with Gasteiger partial charge in [-0.25, -0.2) is 0 Å². The third-order valence-electron chi connectivity index (χ3n) is 11.4. The van der Waals surface area contributed by atoms with Gasteiger partial charge in [0.05, 0.1) is 6.61 Å². The number of allylic oxidation sites excluding steroid dienone is 14. The van der Waals surface area contributed by atoms with Crippen molar-refractivity contribution in [2.45, 2.75) is 258 Å². The predicted molar refractivity (Wildman–Crippen MR) is 279 cm³/mol. The summed E-state index contributed by atoms with van der Waals surface area (Å²) in [7, 11) is 0. The molecule has 1 atom stereocenters. The van der Waals surface area contributed by atoms with Crippen molar-refractivity contribution in [1.29, 1.82) is 0 Å². The molecule has 0 radical (unpaired) electrons. The maximum Gasteiger partial charge on any atom is 0.306 e. The molecular weight excluding hydrogens is 789 g/mol. The highest BCUT2D eigenvalue weighted by atomic mass is 16.6. The molecule has 0 bridgehead atoms. The van der Waals surface area contributed by atoms with Gasteiger partial charge in [-0.1, -0.05) is 215 Å². The van der Waals surface area contributed by atoms with Gasteiger partial charge in [-0.3, -0.25) is 9.59 Å². The Kier molecular flexibility index (Phi) is 51.9.